The minimum Gasteiger partial charge on any atom is -0.444 e. The quantitative estimate of drug-likeness (QED) is 0.713. The van der Waals surface area contributed by atoms with Gasteiger partial charge in [-0.15, -0.1) is 0 Å². The van der Waals surface area contributed by atoms with Crippen LogP contribution in [0.25, 0.3) is 0 Å². The van der Waals surface area contributed by atoms with Gasteiger partial charge < -0.3 is 15.0 Å². The monoisotopic (exact) mass is 406 g/mol. The highest BCUT2D eigenvalue weighted by Gasteiger charge is 2.32. The highest BCUT2D eigenvalue weighted by molar-refractivity contribution is 5.71. The molecule has 1 atom stereocenters. The third-order valence-corrected chi connectivity index (χ3v) is 4.72. The molecule has 156 valence electrons. The van der Waals surface area contributed by atoms with E-state index in [0.717, 1.165) is 36.2 Å². The van der Waals surface area contributed by atoms with Crippen LogP contribution < -0.4 is 10.2 Å². The molecule has 0 saturated heterocycles. The van der Waals surface area contributed by atoms with Gasteiger partial charge >= 0.3 is 12.3 Å². The van der Waals surface area contributed by atoms with Crippen LogP contribution in [0.4, 0.5) is 29.3 Å². The lowest BCUT2D eigenvalue weighted by molar-refractivity contribution is -0.137. The molecule has 1 N–H and O–H groups in total. The number of hydrogen-bond acceptors (Lipinski definition) is 3. The smallest absolute Gasteiger partial charge is 0.416 e. The van der Waals surface area contributed by atoms with Crippen LogP contribution in [0.5, 0.6) is 0 Å². The molecule has 0 bridgehead atoms. The number of alkyl halides is 3. The van der Waals surface area contributed by atoms with E-state index in [1.165, 1.54) is 12.1 Å². The van der Waals surface area contributed by atoms with E-state index >= 15 is 0 Å². The molecule has 0 radical (unpaired) electrons. The van der Waals surface area contributed by atoms with Crippen LogP contribution >= 0.6 is 0 Å². The summed E-state index contributed by atoms with van der Waals surface area (Å²) in [5.74, 6) is 0. The van der Waals surface area contributed by atoms with Crippen molar-refractivity contribution in [3.63, 3.8) is 0 Å². The van der Waals surface area contributed by atoms with Gasteiger partial charge in [0.1, 0.15) is 5.60 Å². The molecule has 4 nitrogen and oxygen atoms in total. The molecule has 2 aromatic carbocycles. The van der Waals surface area contributed by atoms with E-state index < -0.39 is 23.4 Å². The van der Waals surface area contributed by atoms with Gasteiger partial charge in [0, 0.05) is 17.9 Å². The fourth-order valence-electron chi connectivity index (χ4n) is 3.47. The number of anilines is 2. The summed E-state index contributed by atoms with van der Waals surface area (Å²) in [7, 11) is 0. The predicted molar refractivity (Wildman–Crippen MR) is 106 cm³/mol. The van der Waals surface area contributed by atoms with Crippen LogP contribution in [0, 0.1) is 0 Å². The van der Waals surface area contributed by atoms with Gasteiger partial charge in [0.25, 0.3) is 0 Å². The Morgan fingerprint density at radius 2 is 1.76 bits per heavy atom. The van der Waals surface area contributed by atoms with E-state index in [1.54, 1.807) is 20.8 Å². The Morgan fingerprint density at radius 3 is 2.38 bits per heavy atom. The predicted octanol–water partition coefficient (Wildman–Crippen LogP) is 5.68. The Labute approximate surface area is 168 Å². The molecule has 0 saturated carbocycles. The van der Waals surface area contributed by atoms with E-state index in [0.29, 0.717) is 12.2 Å². The summed E-state index contributed by atoms with van der Waals surface area (Å²) in [5.41, 5.74) is 1.43. The van der Waals surface area contributed by atoms with E-state index in [4.69, 9.17) is 4.74 Å². The number of para-hydroxylation sites is 1. The maximum absolute atomic E-state index is 12.9. The number of aryl methyl sites for hydroxylation is 1. The number of amides is 1. The topological polar surface area (TPSA) is 41.6 Å². The summed E-state index contributed by atoms with van der Waals surface area (Å²) in [6.07, 6.45) is -3.30. The minimum atomic E-state index is -4.38. The molecule has 1 amide bonds. The number of alkyl carbamates (subject to hydrolysis) is 1. The van der Waals surface area contributed by atoms with Crippen molar-refractivity contribution in [2.75, 3.05) is 11.4 Å². The second-order valence-corrected chi connectivity index (χ2v) is 8.12. The Bertz CT molecular complexity index is 858. The number of hydrogen-bond donors (Lipinski definition) is 1. The summed E-state index contributed by atoms with van der Waals surface area (Å²) in [5, 5.41) is 2.79. The molecule has 2 aromatic rings. The first-order valence-electron chi connectivity index (χ1n) is 9.56. The van der Waals surface area contributed by atoms with Gasteiger partial charge in [0.15, 0.2) is 0 Å². The number of carbonyl (C=O) groups is 1. The van der Waals surface area contributed by atoms with E-state index in [9.17, 15) is 18.0 Å². The minimum absolute atomic E-state index is 0.103. The molecule has 0 spiro atoms. The number of nitrogens with one attached hydrogen (secondary N) is 1. The number of ether oxygens (including phenoxy) is 1. The normalized spacial score (nSPS) is 16.9. The third kappa shape index (κ3) is 5.22. The molecule has 0 aliphatic carbocycles. The lowest BCUT2D eigenvalue weighted by Gasteiger charge is -2.39. The molecule has 29 heavy (non-hydrogen) atoms. The SMILES string of the molecule is CC(C)(C)OC(=O)NCC1CCc2ccccc2N1c1ccc(C(F)(F)F)cc1. The Hall–Kier alpha value is -2.70. The fourth-order valence-corrected chi connectivity index (χ4v) is 3.47. The Morgan fingerprint density at radius 1 is 1.10 bits per heavy atom. The van der Waals surface area contributed by atoms with Crippen LogP contribution in [-0.2, 0) is 17.3 Å². The van der Waals surface area contributed by atoms with Crippen molar-refractivity contribution in [3.05, 3.63) is 59.7 Å². The van der Waals surface area contributed by atoms with Crippen LogP contribution in [0.3, 0.4) is 0 Å². The molecular weight excluding hydrogens is 381 g/mol. The van der Waals surface area contributed by atoms with Gasteiger partial charge in [0.2, 0.25) is 0 Å². The molecule has 1 aliphatic rings. The molecule has 3 rings (SSSR count). The number of rotatable bonds is 3. The van der Waals surface area contributed by atoms with Gasteiger partial charge in [-0.3, -0.25) is 0 Å². The molecule has 1 heterocycles. The summed E-state index contributed by atoms with van der Waals surface area (Å²) in [6, 6.07) is 12.8. The first kappa shape index (κ1) is 21.0. The van der Waals surface area contributed by atoms with E-state index in [-0.39, 0.29) is 6.04 Å². The number of halogens is 3. The molecular formula is C22H25F3N2O2. The largest absolute Gasteiger partial charge is 0.444 e. The molecule has 0 aromatic heterocycles. The van der Waals surface area contributed by atoms with Gasteiger partial charge in [-0.2, -0.15) is 13.2 Å². The van der Waals surface area contributed by atoms with E-state index in [2.05, 4.69) is 5.32 Å². The highest BCUT2D eigenvalue weighted by atomic mass is 19.4. The average Bonchev–Trinajstić information content (AvgIpc) is 2.64. The average molecular weight is 406 g/mol. The second-order valence-electron chi connectivity index (χ2n) is 8.12. The van der Waals surface area contributed by atoms with Crippen molar-refractivity contribution >= 4 is 17.5 Å². The van der Waals surface area contributed by atoms with Gasteiger partial charge in [-0.25, -0.2) is 4.79 Å². The first-order chi connectivity index (χ1) is 13.5. The fraction of sp³-hybridized carbons (Fsp3) is 0.409. The standard InChI is InChI=1S/C22H25F3N2O2/c1-21(2,3)29-20(28)26-14-18-11-8-15-6-4-5-7-19(15)27(18)17-12-9-16(10-13-17)22(23,24)25/h4-7,9-10,12-13,18H,8,11,14H2,1-3H3,(H,26,28). The van der Waals surface area contributed by atoms with Crippen molar-refractivity contribution in [1.82, 2.24) is 5.32 Å². The van der Waals surface area contributed by atoms with Crippen molar-refractivity contribution in [2.45, 2.75) is 51.4 Å². The lowest BCUT2D eigenvalue weighted by Crippen LogP contribution is -2.45. The summed E-state index contributed by atoms with van der Waals surface area (Å²) in [6.45, 7) is 5.69. The van der Waals surface area contributed by atoms with Crippen molar-refractivity contribution in [3.8, 4) is 0 Å². The summed E-state index contributed by atoms with van der Waals surface area (Å²) in [4.78, 5) is 14.1. The number of carbonyl (C=O) groups excluding carboxylic acids is 1. The zero-order chi connectivity index (χ0) is 21.2. The first-order valence-corrected chi connectivity index (χ1v) is 9.56. The Kier molecular flexibility index (Phi) is 5.78. The molecule has 0 fully saturated rings. The molecule has 1 unspecified atom stereocenters. The summed E-state index contributed by atoms with van der Waals surface area (Å²) < 4.78 is 44.1. The zero-order valence-electron chi connectivity index (χ0n) is 16.7. The lowest BCUT2D eigenvalue weighted by atomic mass is 9.94. The van der Waals surface area contributed by atoms with Gasteiger partial charge in [-0.05, 0) is 69.5 Å². The Balaban J connectivity index is 1.85. The number of nitrogens with zero attached hydrogens (tertiary/aromatic N) is 1. The van der Waals surface area contributed by atoms with Crippen molar-refractivity contribution in [2.24, 2.45) is 0 Å². The van der Waals surface area contributed by atoms with Crippen LogP contribution in [-0.4, -0.2) is 24.3 Å². The van der Waals surface area contributed by atoms with E-state index in [1.807, 2.05) is 29.2 Å². The number of fused-ring (bicyclic) bond motifs is 1. The molecule has 1 aliphatic heterocycles. The van der Waals surface area contributed by atoms with Crippen LogP contribution in [0.1, 0.15) is 38.3 Å². The zero-order valence-corrected chi connectivity index (χ0v) is 16.7. The maximum Gasteiger partial charge on any atom is 0.416 e. The maximum atomic E-state index is 12.9. The summed E-state index contributed by atoms with van der Waals surface area (Å²) >= 11 is 0. The molecule has 7 heteroatoms. The van der Waals surface area contributed by atoms with Crippen molar-refractivity contribution < 1.29 is 22.7 Å². The highest BCUT2D eigenvalue weighted by Crippen LogP contribution is 2.38. The van der Waals surface area contributed by atoms with Gasteiger partial charge in [0.05, 0.1) is 11.6 Å². The second kappa shape index (κ2) is 7.97. The van der Waals surface area contributed by atoms with Crippen molar-refractivity contribution in [1.29, 1.82) is 0 Å². The number of benzene rings is 2. The third-order valence-electron chi connectivity index (χ3n) is 4.72. The van der Waals surface area contributed by atoms with Gasteiger partial charge in [-0.1, -0.05) is 18.2 Å². The van der Waals surface area contributed by atoms with Crippen LogP contribution in [0.2, 0.25) is 0 Å². The van der Waals surface area contributed by atoms with Crippen LogP contribution in [0.15, 0.2) is 48.5 Å².